The molecule has 21 heavy (non-hydrogen) atoms. The topological polar surface area (TPSA) is 95.7 Å². The molecular formula is C15H27N3O3. The second kappa shape index (κ2) is 7.11. The van der Waals surface area contributed by atoms with Crippen molar-refractivity contribution < 1.29 is 14.7 Å². The Balaban J connectivity index is 1.86. The van der Waals surface area contributed by atoms with Gasteiger partial charge in [-0.05, 0) is 37.1 Å². The molecule has 0 aromatic carbocycles. The molecule has 120 valence electrons. The molecule has 0 spiro atoms. The quantitative estimate of drug-likeness (QED) is 0.714. The monoisotopic (exact) mass is 297 g/mol. The van der Waals surface area contributed by atoms with E-state index in [1.807, 2.05) is 0 Å². The lowest BCUT2D eigenvalue weighted by Gasteiger charge is -2.36. The molecule has 1 unspecified atom stereocenters. The smallest absolute Gasteiger partial charge is 0.317 e. The predicted octanol–water partition coefficient (Wildman–Crippen LogP) is 1.40. The van der Waals surface area contributed by atoms with Crippen LogP contribution < -0.4 is 11.1 Å². The number of urea groups is 1. The maximum atomic E-state index is 12.2. The first-order valence-corrected chi connectivity index (χ1v) is 7.99. The molecule has 6 heteroatoms. The molecule has 1 atom stereocenters. The minimum atomic E-state index is -0.768. The number of amides is 2. The fourth-order valence-electron chi connectivity index (χ4n) is 3.62. The number of rotatable bonds is 5. The minimum absolute atomic E-state index is 0.0683. The average Bonchev–Trinajstić information content (AvgIpc) is 2.94. The van der Waals surface area contributed by atoms with Crippen LogP contribution in [0.3, 0.4) is 0 Å². The second-order valence-electron chi connectivity index (χ2n) is 6.63. The Morgan fingerprint density at radius 2 is 2.00 bits per heavy atom. The van der Waals surface area contributed by atoms with E-state index in [0.29, 0.717) is 25.6 Å². The zero-order valence-corrected chi connectivity index (χ0v) is 12.6. The fraction of sp³-hybridized carbons (Fsp3) is 0.867. The number of carbonyl (C=O) groups excluding carboxylic acids is 1. The Labute approximate surface area is 126 Å². The molecule has 0 aromatic rings. The number of hydrogen-bond acceptors (Lipinski definition) is 3. The van der Waals surface area contributed by atoms with Crippen LogP contribution in [0.4, 0.5) is 4.79 Å². The molecule has 0 aromatic heterocycles. The van der Waals surface area contributed by atoms with Crippen molar-refractivity contribution in [2.45, 2.75) is 44.9 Å². The zero-order valence-electron chi connectivity index (χ0n) is 12.6. The molecule has 2 rings (SSSR count). The Kier molecular flexibility index (Phi) is 5.45. The average molecular weight is 297 g/mol. The summed E-state index contributed by atoms with van der Waals surface area (Å²) in [5, 5.41) is 12.1. The highest BCUT2D eigenvalue weighted by atomic mass is 16.4. The summed E-state index contributed by atoms with van der Waals surface area (Å²) in [7, 11) is 0. The number of likely N-dealkylation sites (tertiary alicyclic amines) is 1. The highest BCUT2D eigenvalue weighted by molar-refractivity contribution is 5.74. The fourth-order valence-corrected chi connectivity index (χ4v) is 3.62. The summed E-state index contributed by atoms with van der Waals surface area (Å²) in [6.45, 7) is 2.56. The Bertz CT molecular complexity index is 380. The molecule has 1 saturated carbocycles. The molecule has 1 aliphatic carbocycles. The summed E-state index contributed by atoms with van der Waals surface area (Å²) < 4.78 is 0. The van der Waals surface area contributed by atoms with Gasteiger partial charge in [-0.2, -0.15) is 0 Å². The molecule has 2 fully saturated rings. The van der Waals surface area contributed by atoms with E-state index in [2.05, 4.69) is 5.32 Å². The summed E-state index contributed by atoms with van der Waals surface area (Å²) in [5.74, 6) is -0.367. The van der Waals surface area contributed by atoms with Crippen LogP contribution in [0, 0.1) is 11.3 Å². The van der Waals surface area contributed by atoms with Gasteiger partial charge in [0.1, 0.15) is 0 Å². The predicted molar refractivity (Wildman–Crippen MR) is 79.9 cm³/mol. The molecule has 1 aliphatic heterocycles. The lowest BCUT2D eigenvalue weighted by atomic mass is 9.72. The van der Waals surface area contributed by atoms with Crippen LogP contribution in [-0.2, 0) is 4.79 Å². The largest absolute Gasteiger partial charge is 0.481 e. The van der Waals surface area contributed by atoms with Crippen molar-refractivity contribution in [2.24, 2.45) is 17.1 Å². The first kappa shape index (κ1) is 16.1. The van der Waals surface area contributed by atoms with Gasteiger partial charge in [-0.25, -0.2) is 4.79 Å². The van der Waals surface area contributed by atoms with Crippen LogP contribution in [0.25, 0.3) is 0 Å². The molecule has 4 N–H and O–H groups in total. The van der Waals surface area contributed by atoms with Crippen LogP contribution in [-0.4, -0.2) is 48.2 Å². The molecule has 2 amide bonds. The van der Waals surface area contributed by atoms with Crippen molar-refractivity contribution in [3.8, 4) is 0 Å². The van der Waals surface area contributed by atoms with Gasteiger partial charge in [-0.1, -0.05) is 19.3 Å². The second-order valence-corrected chi connectivity index (χ2v) is 6.63. The van der Waals surface area contributed by atoms with Crippen molar-refractivity contribution in [3.63, 3.8) is 0 Å². The van der Waals surface area contributed by atoms with E-state index in [4.69, 9.17) is 10.8 Å². The van der Waals surface area contributed by atoms with Gasteiger partial charge in [0.15, 0.2) is 0 Å². The summed E-state index contributed by atoms with van der Waals surface area (Å²) in [6, 6.07) is -0.0683. The van der Waals surface area contributed by atoms with Crippen molar-refractivity contribution in [2.75, 3.05) is 26.2 Å². The molecule has 1 heterocycles. The summed E-state index contributed by atoms with van der Waals surface area (Å²) in [6.07, 6.45) is 6.18. The lowest BCUT2D eigenvalue weighted by molar-refractivity contribution is -0.140. The number of aliphatic carboxylic acids is 1. The van der Waals surface area contributed by atoms with Gasteiger partial charge in [0.25, 0.3) is 0 Å². The molecule has 1 saturated heterocycles. The van der Waals surface area contributed by atoms with E-state index < -0.39 is 5.97 Å². The summed E-state index contributed by atoms with van der Waals surface area (Å²) in [5.41, 5.74) is 5.38. The third kappa shape index (κ3) is 4.33. The Morgan fingerprint density at radius 1 is 1.29 bits per heavy atom. The summed E-state index contributed by atoms with van der Waals surface area (Å²) in [4.78, 5) is 25.1. The van der Waals surface area contributed by atoms with Crippen LogP contribution in [0.15, 0.2) is 0 Å². The van der Waals surface area contributed by atoms with E-state index >= 15 is 0 Å². The molecule has 2 aliphatic rings. The van der Waals surface area contributed by atoms with Gasteiger partial charge in [-0.15, -0.1) is 0 Å². The number of carboxylic acids is 1. The van der Waals surface area contributed by atoms with Crippen molar-refractivity contribution in [1.29, 1.82) is 0 Å². The van der Waals surface area contributed by atoms with Gasteiger partial charge >= 0.3 is 12.0 Å². The lowest BCUT2D eigenvalue weighted by Crippen LogP contribution is -2.45. The number of nitrogens with zero attached hydrogens (tertiary/aromatic N) is 1. The zero-order chi connectivity index (χ0) is 15.3. The van der Waals surface area contributed by atoms with E-state index in [1.165, 1.54) is 6.42 Å². The normalized spacial score (nSPS) is 24.8. The van der Waals surface area contributed by atoms with E-state index in [-0.39, 0.29) is 17.9 Å². The molecule has 6 nitrogen and oxygen atoms in total. The maximum absolute atomic E-state index is 12.2. The standard InChI is InChI=1S/C15H27N3O3/c16-9-12-4-7-18(10-12)14(21)17-11-15(8-13(19)20)5-2-1-3-6-15/h12H,1-11,16H2,(H,17,21)(H,19,20). The van der Waals surface area contributed by atoms with E-state index in [0.717, 1.165) is 38.6 Å². The van der Waals surface area contributed by atoms with Crippen LogP contribution in [0.2, 0.25) is 0 Å². The minimum Gasteiger partial charge on any atom is -0.481 e. The van der Waals surface area contributed by atoms with Gasteiger partial charge < -0.3 is 21.1 Å². The highest BCUT2D eigenvalue weighted by Gasteiger charge is 2.35. The van der Waals surface area contributed by atoms with Crippen LogP contribution >= 0.6 is 0 Å². The number of nitrogens with two attached hydrogens (primary N) is 1. The van der Waals surface area contributed by atoms with Gasteiger partial charge in [0.2, 0.25) is 0 Å². The van der Waals surface area contributed by atoms with Gasteiger partial charge in [0, 0.05) is 19.6 Å². The van der Waals surface area contributed by atoms with E-state index in [9.17, 15) is 9.59 Å². The van der Waals surface area contributed by atoms with Gasteiger partial charge in [-0.3, -0.25) is 4.79 Å². The third-order valence-electron chi connectivity index (χ3n) is 4.96. The van der Waals surface area contributed by atoms with Crippen LogP contribution in [0.1, 0.15) is 44.9 Å². The number of carboxylic acid groups (broad SMARTS) is 1. The van der Waals surface area contributed by atoms with E-state index in [1.54, 1.807) is 4.90 Å². The van der Waals surface area contributed by atoms with Crippen molar-refractivity contribution in [3.05, 3.63) is 0 Å². The Hall–Kier alpha value is -1.30. The first-order chi connectivity index (χ1) is 10.0. The highest BCUT2D eigenvalue weighted by Crippen LogP contribution is 2.38. The third-order valence-corrected chi connectivity index (χ3v) is 4.96. The SMILES string of the molecule is NCC1CCN(C(=O)NCC2(CC(=O)O)CCCCC2)C1. The van der Waals surface area contributed by atoms with Crippen LogP contribution in [0.5, 0.6) is 0 Å². The number of hydrogen-bond donors (Lipinski definition) is 3. The number of nitrogens with one attached hydrogen (secondary N) is 1. The maximum Gasteiger partial charge on any atom is 0.317 e. The first-order valence-electron chi connectivity index (χ1n) is 7.99. The summed E-state index contributed by atoms with van der Waals surface area (Å²) >= 11 is 0. The molecular weight excluding hydrogens is 270 g/mol. The Morgan fingerprint density at radius 3 is 2.57 bits per heavy atom. The number of carbonyl (C=O) groups is 2. The van der Waals surface area contributed by atoms with Gasteiger partial charge in [0.05, 0.1) is 6.42 Å². The molecule has 0 bridgehead atoms. The van der Waals surface area contributed by atoms with Crippen molar-refractivity contribution in [1.82, 2.24) is 10.2 Å². The van der Waals surface area contributed by atoms with Crippen molar-refractivity contribution >= 4 is 12.0 Å². The molecule has 0 radical (unpaired) electrons.